The van der Waals surface area contributed by atoms with Crippen LogP contribution >= 0.6 is 27.5 Å². The van der Waals surface area contributed by atoms with E-state index in [-0.39, 0.29) is 6.61 Å². The van der Waals surface area contributed by atoms with E-state index in [1.54, 1.807) is 0 Å². The van der Waals surface area contributed by atoms with Crippen LogP contribution in [0, 0.1) is 11.3 Å². The predicted molar refractivity (Wildman–Crippen MR) is 84.0 cm³/mol. The Bertz CT molecular complexity index is 640. The normalized spacial score (nSPS) is 9.85. The van der Waals surface area contributed by atoms with Crippen LogP contribution in [-0.2, 0) is 6.54 Å². The zero-order valence-corrected chi connectivity index (χ0v) is 12.9. The first-order valence-corrected chi connectivity index (χ1v) is 7.14. The van der Waals surface area contributed by atoms with Crippen molar-refractivity contribution < 1.29 is 4.74 Å². The Balaban J connectivity index is 1.99. The molecule has 2 aromatic carbocycles. The van der Waals surface area contributed by atoms with E-state index in [0.717, 1.165) is 15.7 Å². The Hall–Kier alpha value is -1.70. The molecule has 0 saturated carbocycles. The van der Waals surface area contributed by atoms with Crippen molar-refractivity contribution in [2.45, 2.75) is 6.54 Å². The van der Waals surface area contributed by atoms with Gasteiger partial charge in [0.05, 0.1) is 5.02 Å². The Morgan fingerprint density at radius 2 is 2.10 bits per heavy atom. The highest BCUT2D eigenvalue weighted by Crippen LogP contribution is 2.24. The monoisotopic (exact) mass is 350 g/mol. The Kier molecular flexibility index (Phi) is 5.28. The molecule has 0 aliphatic carbocycles. The maximum Gasteiger partial charge on any atom is 0.174 e. The van der Waals surface area contributed by atoms with E-state index in [9.17, 15) is 0 Å². The summed E-state index contributed by atoms with van der Waals surface area (Å²) in [5.74, 6) is 0.672. The molecule has 0 spiro atoms. The van der Waals surface area contributed by atoms with Crippen LogP contribution in [-0.4, -0.2) is 6.61 Å². The Morgan fingerprint density at radius 3 is 2.85 bits per heavy atom. The number of hydrogen-bond donors (Lipinski definition) is 1. The molecule has 0 saturated heterocycles. The fourth-order valence-electron chi connectivity index (χ4n) is 1.67. The number of hydrogen-bond acceptors (Lipinski definition) is 3. The van der Waals surface area contributed by atoms with Gasteiger partial charge in [-0.15, -0.1) is 0 Å². The summed E-state index contributed by atoms with van der Waals surface area (Å²) in [5, 5.41) is 12.5. The second kappa shape index (κ2) is 7.18. The first-order valence-electron chi connectivity index (χ1n) is 5.96. The summed E-state index contributed by atoms with van der Waals surface area (Å²) in [7, 11) is 0. The van der Waals surface area contributed by atoms with Gasteiger partial charge < -0.3 is 10.1 Å². The van der Waals surface area contributed by atoms with E-state index in [2.05, 4.69) is 21.2 Å². The maximum atomic E-state index is 8.49. The summed E-state index contributed by atoms with van der Waals surface area (Å²) in [4.78, 5) is 0. The molecule has 0 atom stereocenters. The molecule has 3 nitrogen and oxygen atoms in total. The van der Waals surface area contributed by atoms with Crippen molar-refractivity contribution in [1.29, 1.82) is 5.26 Å². The van der Waals surface area contributed by atoms with Crippen LogP contribution < -0.4 is 10.1 Å². The van der Waals surface area contributed by atoms with Crippen molar-refractivity contribution in [3.05, 3.63) is 57.5 Å². The van der Waals surface area contributed by atoms with Gasteiger partial charge in [-0.1, -0.05) is 23.7 Å². The number of nitrogens with one attached hydrogen (secondary N) is 1. The van der Waals surface area contributed by atoms with Crippen LogP contribution in [0.5, 0.6) is 5.75 Å². The first-order chi connectivity index (χ1) is 9.69. The highest BCUT2D eigenvalue weighted by molar-refractivity contribution is 9.10. The lowest BCUT2D eigenvalue weighted by Crippen LogP contribution is -2.00. The molecule has 0 aliphatic rings. The third-order valence-corrected chi connectivity index (χ3v) is 3.85. The molecule has 102 valence electrons. The number of benzene rings is 2. The van der Waals surface area contributed by atoms with Crippen molar-refractivity contribution in [3.8, 4) is 11.8 Å². The summed E-state index contributed by atoms with van der Waals surface area (Å²) in [6.07, 6.45) is 0. The molecule has 5 heteroatoms. The van der Waals surface area contributed by atoms with E-state index < -0.39 is 0 Å². The van der Waals surface area contributed by atoms with Gasteiger partial charge in [0, 0.05) is 22.8 Å². The number of ether oxygens (including phenoxy) is 1. The van der Waals surface area contributed by atoms with Crippen molar-refractivity contribution in [2.24, 2.45) is 0 Å². The number of rotatable bonds is 5. The van der Waals surface area contributed by atoms with Gasteiger partial charge in [-0.3, -0.25) is 0 Å². The van der Waals surface area contributed by atoms with Crippen molar-refractivity contribution in [1.82, 2.24) is 0 Å². The Labute approximate surface area is 131 Å². The second-order valence-electron chi connectivity index (χ2n) is 4.08. The summed E-state index contributed by atoms with van der Waals surface area (Å²) in [6.45, 7) is 0.709. The van der Waals surface area contributed by atoms with E-state index in [4.69, 9.17) is 21.6 Å². The number of anilines is 1. The maximum absolute atomic E-state index is 8.49. The summed E-state index contributed by atoms with van der Waals surface area (Å²) in [6, 6.07) is 15.3. The van der Waals surface area contributed by atoms with Crippen molar-refractivity contribution in [3.63, 3.8) is 0 Å². The average molecular weight is 352 g/mol. The second-order valence-corrected chi connectivity index (χ2v) is 5.34. The van der Waals surface area contributed by atoms with Gasteiger partial charge in [0.25, 0.3) is 0 Å². The molecule has 0 unspecified atom stereocenters. The molecule has 1 N–H and O–H groups in total. The average Bonchev–Trinajstić information content (AvgIpc) is 2.47. The van der Waals surface area contributed by atoms with Gasteiger partial charge in [-0.25, -0.2) is 0 Å². The van der Waals surface area contributed by atoms with Gasteiger partial charge in [-0.2, -0.15) is 5.26 Å². The minimum absolute atomic E-state index is 0.0474. The fraction of sp³-hybridized carbons (Fsp3) is 0.133. The third kappa shape index (κ3) is 4.16. The fourth-order valence-corrected chi connectivity index (χ4v) is 2.11. The minimum Gasteiger partial charge on any atom is -0.479 e. The summed E-state index contributed by atoms with van der Waals surface area (Å²) < 4.78 is 6.14. The van der Waals surface area contributed by atoms with Crippen molar-refractivity contribution in [2.75, 3.05) is 11.9 Å². The molecule has 20 heavy (non-hydrogen) atoms. The Morgan fingerprint density at radius 1 is 1.25 bits per heavy atom. The number of nitrogens with zero attached hydrogens (tertiary/aromatic N) is 1. The molecule has 0 amide bonds. The highest BCUT2D eigenvalue weighted by Gasteiger charge is 2.00. The summed E-state index contributed by atoms with van der Waals surface area (Å²) in [5.41, 5.74) is 2.01. The SMILES string of the molecule is N#CCOc1cccc(NCc2ccc(Br)c(Cl)c2)c1. The molecular formula is C15H12BrClN2O. The molecular weight excluding hydrogens is 340 g/mol. The molecule has 0 aliphatic heterocycles. The molecule has 2 aromatic rings. The zero-order chi connectivity index (χ0) is 14.4. The molecule has 0 fully saturated rings. The molecule has 2 rings (SSSR count). The number of nitriles is 1. The van der Waals surface area contributed by atoms with Gasteiger partial charge in [0.15, 0.2) is 6.61 Å². The first kappa shape index (κ1) is 14.7. The van der Waals surface area contributed by atoms with E-state index in [0.29, 0.717) is 17.3 Å². The van der Waals surface area contributed by atoms with Crippen molar-refractivity contribution >= 4 is 33.2 Å². The van der Waals surface area contributed by atoms with E-state index in [1.807, 2.05) is 48.5 Å². The lowest BCUT2D eigenvalue weighted by atomic mass is 10.2. The molecule has 0 bridgehead atoms. The smallest absolute Gasteiger partial charge is 0.174 e. The summed E-state index contributed by atoms with van der Waals surface area (Å²) >= 11 is 9.42. The number of halogens is 2. The van der Waals surface area contributed by atoms with Crippen LogP contribution in [0.2, 0.25) is 5.02 Å². The van der Waals surface area contributed by atoms with Gasteiger partial charge in [-0.05, 0) is 45.8 Å². The third-order valence-electron chi connectivity index (χ3n) is 2.62. The largest absolute Gasteiger partial charge is 0.479 e. The lowest BCUT2D eigenvalue weighted by Gasteiger charge is -2.09. The van der Waals surface area contributed by atoms with Gasteiger partial charge in [0.2, 0.25) is 0 Å². The zero-order valence-electron chi connectivity index (χ0n) is 10.6. The van der Waals surface area contributed by atoms with Crippen LogP contribution in [0.15, 0.2) is 46.9 Å². The molecule has 0 heterocycles. The quantitative estimate of drug-likeness (QED) is 0.855. The molecule has 0 radical (unpaired) electrons. The highest BCUT2D eigenvalue weighted by atomic mass is 79.9. The topological polar surface area (TPSA) is 45.0 Å². The van der Waals surface area contributed by atoms with Gasteiger partial charge in [0.1, 0.15) is 11.8 Å². The van der Waals surface area contributed by atoms with E-state index in [1.165, 1.54) is 0 Å². The van der Waals surface area contributed by atoms with Crippen LogP contribution in [0.25, 0.3) is 0 Å². The van der Waals surface area contributed by atoms with Crippen LogP contribution in [0.1, 0.15) is 5.56 Å². The van der Waals surface area contributed by atoms with Crippen LogP contribution in [0.4, 0.5) is 5.69 Å². The van der Waals surface area contributed by atoms with Crippen LogP contribution in [0.3, 0.4) is 0 Å². The van der Waals surface area contributed by atoms with Gasteiger partial charge >= 0.3 is 0 Å². The standard InChI is InChI=1S/C15H12BrClN2O/c16-14-5-4-11(8-15(14)17)10-19-12-2-1-3-13(9-12)20-7-6-18/h1-5,8-9,19H,7,10H2. The lowest BCUT2D eigenvalue weighted by molar-refractivity contribution is 0.368. The minimum atomic E-state index is 0.0474. The predicted octanol–water partition coefficient (Wildman–Crippen LogP) is 4.62. The molecule has 0 aromatic heterocycles. The van der Waals surface area contributed by atoms with E-state index >= 15 is 0 Å².